The molecule has 0 spiro atoms. The van der Waals surface area contributed by atoms with Crippen molar-refractivity contribution in [3.8, 4) is 0 Å². The zero-order valence-electron chi connectivity index (χ0n) is 15.6. The molecule has 27 heavy (non-hydrogen) atoms. The number of benzene rings is 1. The normalized spacial score (nSPS) is 15.6. The average Bonchev–Trinajstić information content (AvgIpc) is 2.92. The van der Waals surface area contributed by atoms with Crippen LogP contribution in [-0.2, 0) is 13.1 Å². The Morgan fingerprint density at radius 3 is 2.37 bits per heavy atom. The van der Waals surface area contributed by atoms with Gasteiger partial charge in [0.2, 0.25) is 0 Å². The summed E-state index contributed by atoms with van der Waals surface area (Å²) in [5, 5.41) is 3.37. The lowest BCUT2D eigenvalue weighted by atomic mass is 10.1. The maximum absolute atomic E-state index is 11.8. The second-order valence-corrected chi connectivity index (χ2v) is 7.02. The van der Waals surface area contributed by atoms with Gasteiger partial charge in [-0.25, -0.2) is 4.99 Å². The first-order valence-corrected chi connectivity index (χ1v) is 9.50. The molecule has 0 saturated heterocycles. The Morgan fingerprint density at radius 1 is 1.04 bits per heavy atom. The van der Waals surface area contributed by atoms with Crippen molar-refractivity contribution in [1.29, 1.82) is 0 Å². The van der Waals surface area contributed by atoms with E-state index < -0.39 is 0 Å². The van der Waals surface area contributed by atoms with Gasteiger partial charge in [0.15, 0.2) is 5.96 Å². The van der Waals surface area contributed by atoms with Crippen molar-refractivity contribution in [2.24, 2.45) is 10.7 Å². The van der Waals surface area contributed by atoms with Crippen LogP contribution in [0.25, 0.3) is 0 Å². The Hall–Kier alpha value is -1.83. The van der Waals surface area contributed by atoms with Crippen molar-refractivity contribution in [2.45, 2.75) is 57.7 Å². The number of aliphatic imine (C=N–C) groups is 1. The lowest BCUT2D eigenvalue weighted by Gasteiger charge is -2.16. The molecule has 1 fully saturated rings. The van der Waals surface area contributed by atoms with Crippen LogP contribution in [0.3, 0.4) is 0 Å². The number of hydrogen-bond donors (Lipinski definition) is 2. The van der Waals surface area contributed by atoms with Gasteiger partial charge in [-0.2, -0.15) is 0 Å². The molecule has 3 N–H and O–H groups in total. The zero-order valence-corrected chi connectivity index (χ0v) is 18.0. The van der Waals surface area contributed by atoms with Crippen molar-refractivity contribution in [2.75, 3.05) is 0 Å². The van der Waals surface area contributed by atoms with E-state index in [1.807, 2.05) is 30.3 Å². The van der Waals surface area contributed by atoms with Crippen LogP contribution in [0.2, 0.25) is 0 Å². The summed E-state index contributed by atoms with van der Waals surface area (Å²) < 4.78 is 1.70. The molecule has 0 atom stereocenters. The molecule has 146 valence electrons. The van der Waals surface area contributed by atoms with Gasteiger partial charge < -0.3 is 15.6 Å². The summed E-state index contributed by atoms with van der Waals surface area (Å²) in [5.74, 6) is 0.539. The van der Waals surface area contributed by atoms with E-state index in [1.54, 1.807) is 22.9 Å². The quantitative estimate of drug-likeness (QED) is 0.297. The largest absolute Gasteiger partial charge is 0.370 e. The summed E-state index contributed by atoms with van der Waals surface area (Å²) in [6.07, 6.45) is 9.38. The smallest absolute Gasteiger partial charge is 0.250 e. The fourth-order valence-electron chi connectivity index (χ4n) is 3.39. The van der Waals surface area contributed by atoms with E-state index in [0.29, 0.717) is 25.1 Å². The molecule has 3 rings (SSSR count). The van der Waals surface area contributed by atoms with Crippen LogP contribution in [0.4, 0.5) is 0 Å². The lowest BCUT2D eigenvalue weighted by molar-refractivity contribution is 0.530. The summed E-state index contributed by atoms with van der Waals surface area (Å²) in [5.41, 5.74) is 8.27. The topological polar surface area (TPSA) is 72.4 Å². The Kier molecular flexibility index (Phi) is 8.84. The van der Waals surface area contributed by atoms with Crippen LogP contribution in [0.15, 0.2) is 58.4 Å². The molecular formula is C21H29IN4O. The Labute approximate surface area is 178 Å². The van der Waals surface area contributed by atoms with Gasteiger partial charge in [-0.15, -0.1) is 24.0 Å². The van der Waals surface area contributed by atoms with E-state index in [9.17, 15) is 4.79 Å². The zero-order chi connectivity index (χ0) is 18.2. The number of hydrogen-bond acceptors (Lipinski definition) is 2. The van der Waals surface area contributed by atoms with Crippen LogP contribution < -0.4 is 16.6 Å². The fraction of sp³-hybridized carbons (Fsp3) is 0.429. The standard InChI is InChI=1S/C21H28N4O.HI/c22-21(24-19-7-3-1-2-4-8-19)23-15-17-10-12-18(13-11-17)16-25-14-6-5-9-20(25)26;/h5-6,9-14,19H,1-4,7-8,15-16H2,(H3,22,23,24);1H. The van der Waals surface area contributed by atoms with E-state index in [-0.39, 0.29) is 29.5 Å². The molecule has 0 unspecified atom stereocenters. The van der Waals surface area contributed by atoms with Crippen LogP contribution in [0.1, 0.15) is 49.7 Å². The van der Waals surface area contributed by atoms with Crippen molar-refractivity contribution in [1.82, 2.24) is 9.88 Å². The van der Waals surface area contributed by atoms with Crippen molar-refractivity contribution < 1.29 is 0 Å². The molecule has 1 aromatic heterocycles. The van der Waals surface area contributed by atoms with Crippen LogP contribution >= 0.6 is 24.0 Å². The molecule has 0 amide bonds. The Morgan fingerprint density at radius 2 is 1.70 bits per heavy atom. The van der Waals surface area contributed by atoms with Crippen LogP contribution in [-0.4, -0.2) is 16.6 Å². The third kappa shape index (κ3) is 7.01. The monoisotopic (exact) mass is 480 g/mol. The molecule has 1 aliphatic carbocycles. The van der Waals surface area contributed by atoms with Gasteiger partial charge in [-0.1, -0.05) is 56.0 Å². The number of nitrogens with zero attached hydrogens (tertiary/aromatic N) is 2. The fourth-order valence-corrected chi connectivity index (χ4v) is 3.39. The third-order valence-electron chi connectivity index (χ3n) is 4.91. The number of guanidine groups is 1. The van der Waals surface area contributed by atoms with Crippen molar-refractivity contribution in [3.63, 3.8) is 0 Å². The molecule has 1 aliphatic rings. The van der Waals surface area contributed by atoms with Gasteiger partial charge in [0, 0.05) is 18.3 Å². The average molecular weight is 480 g/mol. The van der Waals surface area contributed by atoms with E-state index in [0.717, 1.165) is 11.1 Å². The first-order valence-electron chi connectivity index (χ1n) is 9.50. The maximum Gasteiger partial charge on any atom is 0.250 e. The van der Waals surface area contributed by atoms with Crippen LogP contribution in [0.5, 0.6) is 0 Å². The molecule has 1 heterocycles. The highest BCUT2D eigenvalue weighted by atomic mass is 127. The van der Waals surface area contributed by atoms with E-state index in [2.05, 4.69) is 10.3 Å². The molecule has 2 aromatic rings. The Balaban J connectivity index is 0.00000261. The molecule has 0 aliphatic heterocycles. The van der Waals surface area contributed by atoms with Gasteiger partial charge in [0.1, 0.15) is 0 Å². The molecule has 5 nitrogen and oxygen atoms in total. The summed E-state index contributed by atoms with van der Waals surface area (Å²) in [6, 6.07) is 13.8. The summed E-state index contributed by atoms with van der Waals surface area (Å²) in [7, 11) is 0. The van der Waals surface area contributed by atoms with Gasteiger partial charge in [0.25, 0.3) is 5.56 Å². The number of aromatic nitrogens is 1. The molecule has 0 radical (unpaired) electrons. The molecule has 1 aromatic carbocycles. The van der Waals surface area contributed by atoms with Gasteiger partial charge >= 0.3 is 0 Å². The molecule has 1 saturated carbocycles. The minimum absolute atomic E-state index is 0. The van der Waals surface area contributed by atoms with Gasteiger partial charge in [-0.05, 0) is 30.0 Å². The summed E-state index contributed by atoms with van der Waals surface area (Å²) in [6.45, 7) is 1.14. The highest BCUT2D eigenvalue weighted by molar-refractivity contribution is 14.0. The second-order valence-electron chi connectivity index (χ2n) is 7.02. The minimum Gasteiger partial charge on any atom is -0.370 e. The van der Waals surface area contributed by atoms with E-state index >= 15 is 0 Å². The highest BCUT2D eigenvalue weighted by Crippen LogP contribution is 2.17. The number of halogens is 1. The first kappa shape index (κ1) is 21.5. The summed E-state index contributed by atoms with van der Waals surface area (Å²) >= 11 is 0. The van der Waals surface area contributed by atoms with Crippen LogP contribution in [0, 0.1) is 0 Å². The van der Waals surface area contributed by atoms with Gasteiger partial charge in [0.05, 0.1) is 13.1 Å². The SMILES string of the molecule is I.NC(=NCc1ccc(Cn2ccccc2=O)cc1)NC1CCCCCC1. The molecule has 0 bridgehead atoms. The predicted molar refractivity (Wildman–Crippen MR) is 122 cm³/mol. The second kappa shape index (κ2) is 11.1. The van der Waals surface area contributed by atoms with Gasteiger partial charge in [-0.3, -0.25) is 4.79 Å². The highest BCUT2D eigenvalue weighted by Gasteiger charge is 2.12. The predicted octanol–water partition coefficient (Wildman–Crippen LogP) is 3.64. The molecule has 6 heteroatoms. The molecular weight excluding hydrogens is 451 g/mol. The first-order chi connectivity index (χ1) is 12.7. The number of nitrogens with two attached hydrogens (primary N) is 1. The number of nitrogens with one attached hydrogen (secondary N) is 1. The summed E-state index contributed by atoms with van der Waals surface area (Å²) in [4.78, 5) is 16.3. The van der Waals surface area contributed by atoms with Crippen molar-refractivity contribution in [3.05, 3.63) is 70.1 Å². The Bertz CT molecular complexity index is 777. The third-order valence-corrected chi connectivity index (χ3v) is 4.91. The van der Waals surface area contributed by atoms with E-state index in [1.165, 1.54) is 38.5 Å². The minimum atomic E-state index is 0. The van der Waals surface area contributed by atoms with Crippen molar-refractivity contribution >= 4 is 29.9 Å². The lowest BCUT2D eigenvalue weighted by Crippen LogP contribution is -2.39. The maximum atomic E-state index is 11.8. The number of rotatable bonds is 5. The van der Waals surface area contributed by atoms with E-state index in [4.69, 9.17) is 5.73 Å². The number of pyridine rings is 1.